The van der Waals surface area contributed by atoms with E-state index >= 15 is 0 Å². The largest absolute Gasteiger partial charge is 0.472 e. The fourth-order valence-electron chi connectivity index (χ4n) is 11.2. The first kappa shape index (κ1) is 90.1. The highest BCUT2D eigenvalue weighted by atomic mass is 31.2. The molecule has 0 saturated carbocycles. The van der Waals surface area contributed by atoms with Crippen molar-refractivity contribution < 1.29 is 80.2 Å². The van der Waals surface area contributed by atoms with Crippen molar-refractivity contribution in [3.05, 3.63) is 0 Å². The molecule has 2 unspecified atom stereocenters. The fourth-order valence-corrected chi connectivity index (χ4v) is 12.8. The van der Waals surface area contributed by atoms with Crippen LogP contribution in [-0.4, -0.2) is 96.7 Å². The molecule has 0 radical (unpaired) electrons. The molecule has 5 atom stereocenters. The lowest BCUT2D eigenvalue weighted by Crippen LogP contribution is -2.30. The summed E-state index contributed by atoms with van der Waals surface area (Å²) >= 11 is 0. The number of carbonyl (C=O) groups excluding carboxylic acids is 4. The number of ether oxygens (including phenoxy) is 4. The third-order valence-corrected chi connectivity index (χ3v) is 18.9. The fraction of sp³-hybridized carbons (Fsp3) is 0.945. The third-order valence-electron chi connectivity index (χ3n) is 17.0. The van der Waals surface area contributed by atoms with Gasteiger partial charge in [0.1, 0.15) is 19.3 Å². The number of hydrogen-bond donors (Lipinski definition) is 3. The number of phosphoric ester groups is 2. The summed E-state index contributed by atoms with van der Waals surface area (Å²) < 4.78 is 68.1. The molecular formula is C73H142O17P2. The first-order valence-corrected chi connectivity index (χ1v) is 41.1. The second-order valence-corrected chi connectivity index (χ2v) is 29.7. The van der Waals surface area contributed by atoms with E-state index in [9.17, 15) is 43.2 Å². The van der Waals surface area contributed by atoms with Gasteiger partial charge >= 0.3 is 39.5 Å². The second-order valence-electron chi connectivity index (χ2n) is 26.8. The molecule has 92 heavy (non-hydrogen) atoms. The maximum absolute atomic E-state index is 13.1. The predicted molar refractivity (Wildman–Crippen MR) is 372 cm³/mol. The van der Waals surface area contributed by atoms with Gasteiger partial charge in [0.2, 0.25) is 0 Å². The number of rotatable bonds is 73. The molecule has 546 valence electrons. The van der Waals surface area contributed by atoms with E-state index in [1.54, 1.807) is 0 Å². The lowest BCUT2D eigenvalue weighted by atomic mass is 10.0. The van der Waals surface area contributed by atoms with E-state index in [0.717, 1.165) is 96.3 Å². The van der Waals surface area contributed by atoms with E-state index < -0.39 is 97.5 Å². The summed E-state index contributed by atoms with van der Waals surface area (Å²) in [7, 11) is -9.89. The Morgan fingerprint density at radius 1 is 0.293 bits per heavy atom. The number of esters is 4. The number of phosphoric acid groups is 2. The number of carbonyl (C=O) groups is 4. The zero-order valence-corrected chi connectivity index (χ0v) is 61.5. The first-order valence-electron chi connectivity index (χ1n) is 38.1. The molecule has 0 aromatic carbocycles. The van der Waals surface area contributed by atoms with Crippen LogP contribution in [0.3, 0.4) is 0 Å². The SMILES string of the molecule is CCCCCCCCCCCCCCCCCCCCCCCCC(=O)O[C@H](COC(=O)CCCCCCCCCCCCCCCCCC)COP(=O)(O)OC[C@@H](O)COP(=O)(O)OC[C@@H](COC(=O)CCCCCCC)OC(=O)CCCCCCCCC(C)C. The van der Waals surface area contributed by atoms with Crippen LogP contribution in [-0.2, 0) is 65.4 Å². The lowest BCUT2D eigenvalue weighted by Gasteiger charge is -2.21. The molecule has 17 nitrogen and oxygen atoms in total. The Morgan fingerprint density at radius 2 is 0.500 bits per heavy atom. The van der Waals surface area contributed by atoms with Crippen molar-refractivity contribution >= 4 is 39.5 Å². The first-order chi connectivity index (χ1) is 44.5. The highest BCUT2D eigenvalue weighted by Gasteiger charge is 2.30. The van der Waals surface area contributed by atoms with Gasteiger partial charge in [-0.2, -0.15) is 0 Å². The molecule has 19 heteroatoms. The molecule has 3 N–H and O–H groups in total. The van der Waals surface area contributed by atoms with Gasteiger partial charge in [-0.05, 0) is 31.6 Å². The van der Waals surface area contributed by atoms with Gasteiger partial charge in [-0.1, -0.05) is 330 Å². The van der Waals surface area contributed by atoms with Crippen LogP contribution >= 0.6 is 15.6 Å². The molecule has 0 saturated heterocycles. The zero-order chi connectivity index (χ0) is 67.7. The Hall–Kier alpha value is -1.94. The average Bonchev–Trinajstić information content (AvgIpc) is 3.65. The van der Waals surface area contributed by atoms with Gasteiger partial charge in [0.15, 0.2) is 12.2 Å². The molecule has 0 aliphatic carbocycles. The summed E-state index contributed by atoms with van der Waals surface area (Å²) in [4.78, 5) is 72.3. The van der Waals surface area contributed by atoms with Gasteiger partial charge in [-0.3, -0.25) is 37.3 Å². The van der Waals surface area contributed by atoms with E-state index in [4.69, 9.17) is 37.0 Å². The standard InChI is InChI=1S/C73H142O17P2/c1-6-9-12-15-17-19-21-23-25-27-28-29-30-31-32-34-36-38-40-42-48-53-58-72(77)89-69(63-84-71(76)57-52-47-41-39-37-35-33-26-24-22-20-18-16-13-10-7-2)65-88-92(81,82)86-61-67(74)60-85-91(79,80)87-64-68(62-83-70(75)56-51-45-14-11-8-3)90-73(78)59-54-49-44-43-46-50-55-66(4)5/h66-69,74H,6-65H2,1-5H3,(H,79,80)(H,81,82)/t67-,68+,69+/m0/s1. The molecule has 0 aliphatic rings. The van der Waals surface area contributed by atoms with Crippen molar-refractivity contribution in [1.29, 1.82) is 0 Å². The highest BCUT2D eigenvalue weighted by molar-refractivity contribution is 7.47. The molecule has 0 rings (SSSR count). The smallest absolute Gasteiger partial charge is 0.462 e. The van der Waals surface area contributed by atoms with Crippen LogP contribution in [0.25, 0.3) is 0 Å². The van der Waals surface area contributed by atoms with Gasteiger partial charge in [-0.25, -0.2) is 9.13 Å². The summed E-state index contributed by atoms with van der Waals surface area (Å²) in [6.07, 6.45) is 55.0. The van der Waals surface area contributed by atoms with Gasteiger partial charge in [0, 0.05) is 25.7 Å². The van der Waals surface area contributed by atoms with Crippen LogP contribution < -0.4 is 0 Å². The second kappa shape index (κ2) is 66.3. The summed E-state index contributed by atoms with van der Waals surface area (Å²) in [5.41, 5.74) is 0. The van der Waals surface area contributed by atoms with Crippen molar-refractivity contribution in [2.75, 3.05) is 39.6 Å². The van der Waals surface area contributed by atoms with E-state index in [1.807, 2.05) is 0 Å². The van der Waals surface area contributed by atoms with Crippen molar-refractivity contribution in [1.82, 2.24) is 0 Å². The van der Waals surface area contributed by atoms with Crippen molar-refractivity contribution in [3.63, 3.8) is 0 Å². The molecule has 0 bridgehead atoms. The van der Waals surface area contributed by atoms with E-state index in [2.05, 4.69) is 34.6 Å². The minimum atomic E-state index is -4.95. The summed E-state index contributed by atoms with van der Waals surface area (Å²) in [6, 6.07) is 0. The van der Waals surface area contributed by atoms with Crippen LogP contribution in [0.5, 0.6) is 0 Å². The van der Waals surface area contributed by atoms with Crippen molar-refractivity contribution in [2.24, 2.45) is 5.92 Å². The minimum Gasteiger partial charge on any atom is -0.462 e. The van der Waals surface area contributed by atoms with Crippen LogP contribution in [0.1, 0.15) is 381 Å². The highest BCUT2D eigenvalue weighted by Crippen LogP contribution is 2.45. The monoisotopic (exact) mass is 1350 g/mol. The normalized spacial score (nSPS) is 14.0. The van der Waals surface area contributed by atoms with Gasteiger partial charge < -0.3 is 33.8 Å². The van der Waals surface area contributed by atoms with Crippen LogP contribution in [0.4, 0.5) is 0 Å². The predicted octanol–water partition coefficient (Wildman–Crippen LogP) is 21.3. The molecule has 0 amide bonds. The number of unbranched alkanes of at least 4 members (excludes halogenated alkanes) is 45. The quantitative estimate of drug-likeness (QED) is 0.0222. The van der Waals surface area contributed by atoms with Gasteiger partial charge in [-0.15, -0.1) is 0 Å². The average molecular weight is 1350 g/mol. The number of aliphatic hydroxyl groups excluding tert-OH is 1. The van der Waals surface area contributed by atoms with Crippen molar-refractivity contribution in [3.8, 4) is 0 Å². The molecule has 0 fully saturated rings. The van der Waals surface area contributed by atoms with Crippen LogP contribution in [0, 0.1) is 5.92 Å². The topological polar surface area (TPSA) is 237 Å². The van der Waals surface area contributed by atoms with E-state index in [-0.39, 0.29) is 25.7 Å². The molecule has 0 aliphatic heterocycles. The summed E-state index contributed by atoms with van der Waals surface area (Å²) in [6.45, 7) is 7.07. The minimum absolute atomic E-state index is 0.102. The Balaban J connectivity index is 5.09. The Morgan fingerprint density at radius 3 is 0.739 bits per heavy atom. The van der Waals surface area contributed by atoms with Crippen molar-refractivity contribution in [2.45, 2.75) is 400 Å². The Bertz CT molecular complexity index is 1770. The number of aliphatic hydroxyl groups is 1. The Labute approximate surface area is 562 Å². The number of hydrogen-bond acceptors (Lipinski definition) is 15. The molecule has 0 aromatic rings. The summed E-state index contributed by atoms with van der Waals surface area (Å²) in [5, 5.41) is 10.6. The molecular weight excluding hydrogens is 1210 g/mol. The Kier molecular flexibility index (Phi) is 64.9. The molecule has 0 spiro atoms. The van der Waals surface area contributed by atoms with Gasteiger partial charge in [0.25, 0.3) is 0 Å². The van der Waals surface area contributed by atoms with E-state index in [1.165, 1.54) is 199 Å². The maximum Gasteiger partial charge on any atom is 0.472 e. The van der Waals surface area contributed by atoms with E-state index in [0.29, 0.717) is 31.6 Å². The lowest BCUT2D eigenvalue weighted by molar-refractivity contribution is -0.161. The van der Waals surface area contributed by atoms with Crippen LogP contribution in [0.2, 0.25) is 0 Å². The maximum atomic E-state index is 13.1. The van der Waals surface area contributed by atoms with Crippen LogP contribution in [0.15, 0.2) is 0 Å². The molecule has 0 aromatic heterocycles. The van der Waals surface area contributed by atoms with Gasteiger partial charge in [0.05, 0.1) is 26.4 Å². The zero-order valence-electron chi connectivity index (χ0n) is 59.7. The third kappa shape index (κ3) is 66.7. The summed E-state index contributed by atoms with van der Waals surface area (Å²) in [5.74, 6) is -1.47. The molecule has 0 heterocycles.